The molecule has 0 aliphatic carbocycles. The Balaban J connectivity index is 1.63. The molecule has 0 heterocycles. The lowest BCUT2D eigenvalue weighted by Crippen LogP contribution is -2.38. The molecule has 26 heavy (non-hydrogen) atoms. The first-order valence-electron chi connectivity index (χ1n) is 8.54. The zero-order valence-electron chi connectivity index (χ0n) is 15.4. The zero-order valence-corrected chi connectivity index (χ0v) is 16.2. The SMILES string of the molecule is COc1ccc(CCNC(=O)NCCOc2cc(C)c(Cl)c(C)c2)cc1. The van der Waals surface area contributed by atoms with E-state index in [1.807, 2.05) is 50.2 Å². The van der Waals surface area contributed by atoms with Gasteiger partial charge in [0.15, 0.2) is 0 Å². The minimum Gasteiger partial charge on any atom is -0.497 e. The van der Waals surface area contributed by atoms with Crippen LogP contribution in [0, 0.1) is 13.8 Å². The van der Waals surface area contributed by atoms with Gasteiger partial charge in [-0.05, 0) is 61.2 Å². The Bertz CT molecular complexity index is 709. The Hall–Kier alpha value is -2.40. The molecule has 0 atom stereocenters. The molecule has 0 unspecified atom stereocenters. The molecule has 2 aromatic carbocycles. The minimum atomic E-state index is -0.203. The molecule has 6 heteroatoms. The average molecular weight is 377 g/mol. The Morgan fingerprint density at radius 2 is 1.62 bits per heavy atom. The van der Waals surface area contributed by atoms with Crippen LogP contribution in [0.4, 0.5) is 4.79 Å². The van der Waals surface area contributed by atoms with Crippen molar-refractivity contribution in [3.8, 4) is 11.5 Å². The summed E-state index contributed by atoms with van der Waals surface area (Å²) in [5.41, 5.74) is 3.10. The molecule has 5 nitrogen and oxygen atoms in total. The summed E-state index contributed by atoms with van der Waals surface area (Å²) < 4.78 is 10.8. The Morgan fingerprint density at radius 3 is 2.23 bits per heavy atom. The fraction of sp³-hybridized carbons (Fsp3) is 0.350. The van der Waals surface area contributed by atoms with E-state index in [1.54, 1.807) is 7.11 Å². The molecule has 0 spiro atoms. The number of hydrogen-bond donors (Lipinski definition) is 2. The lowest BCUT2D eigenvalue weighted by Gasteiger charge is -2.11. The summed E-state index contributed by atoms with van der Waals surface area (Å²) >= 11 is 6.13. The number of methoxy groups -OCH3 is 1. The molecule has 140 valence electrons. The van der Waals surface area contributed by atoms with E-state index in [0.29, 0.717) is 19.7 Å². The summed E-state index contributed by atoms with van der Waals surface area (Å²) in [5, 5.41) is 6.36. The second-order valence-electron chi connectivity index (χ2n) is 6.00. The van der Waals surface area contributed by atoms with E-state index in [2.05, 4.69) is 10.6 Å². The van der Waals surface area contributed by atoms with Gasteiger partial charge in [0, 0.05) is 11.6 Å². The van der Waals surface area contributed by atoms with E-state index in [1.165, 1.54) is 0 Å². The van der Waals surface area contributed by atoms with Crippen molar-refractivity contribution in [3.05, 3.63) is 58.1 Å². The number of nitrogens with one attached hydrogen (secondary N) is 2. The van der Waals surface area contributed by atoms with Crippen LogP contribution in [0.15, 0.2) is 36.4 Å². The molecular weight excluding hydrogens is 352 g/mol. The van der Waals surface area contributed by atoms with Gasteiger partial charge in [0.1, 0.15) is 18.1 Å². The summed E-state index contributed by atoms with van der Waals surface area (Å²) in [5.74, 6) is 1.58. The lowest BCUT2D eigenvalue weighted by atomic mass is 10.1. The molecule has 0 aromatic heterocycles. The maximum absolute atomic E-state index is 11.8. The van der Waals surface area contributed by atoms with Crippen molar-refractivity contribution in [3.63, 3.8) is 0 Å². The van der Waals surface area contributed by atoms with Gasteiger partial charge in [0.2, 0.25) is 0 Å². The van der Waals surface area contributed by atoms with Gasteiger partial charge < -0.3 is 20.1 Å². The summed E-state index contributed by atoms with van der Waals surface area (Å²) in [6, 6.07) is 11.4. The van der Waals surface area contributed by atoms with Crippen molar-refractivity contribution in [2.45, 2.75) is 20.3 Å². The summed E-state index contributed by atoms with van der Waals surface area (Å²) in [6.07, 6.45) is 0.761. The molecule has 0 aliphatic heterocycles. The van der Waals surface area contributed by atoms with Crippen LogP contribution >= 0.6 is 11.6 Å². The maximum atomic E-state index is 11.8. The average Bonchev–Trinajstić information content (AvgIpc) is 2.63. The van der Waals surface area contributed by atoms with E-state index >= 15 is 0 Å². The van der Waals surface area contributed by atoms with Crippen molar-refractivity contribution in [2.75, 3.05) is 26.8 Å². The van der Waals surface area contributed by atoms with E-state index in [0.717, 1.165) is 39.6 Å². The fourth-order valence-corrected chi connectivity index (χ4v) is 2.61. The smallest absolute Gasteiger partial charge is 0.314 e. The van der Waals surface area contributed by atoms with Crippen LogP contribution in [0.1, 0.15) is 16.7 Å². The van der Waals surface area contributed by atoms with Crippen LogP contribution in [0.3, 0.4) is 0 Å². The number of amides is 2. The number of benzene rings is 2. The molecule has 2 amide bonds. The van der Waals surface area contributed by atoms with Gasteiger partial charge in [-0.15, -0.1) is 0 Å². The van der Waals surface area contributed by atoms with E-state index in [4.69, 9.17) is 21.1 Å². The van der Waals surface area contributed by atoms with Crippen LogP contribution in [0.5, 0.6) is 11.5 Å². The van der Waals surface area contributed by atoms with Gasteiger partial charge >= 0.3 is 6.03 Å². The van der Waals surface area contributed by atoms with Gasteiger partial charge in [0.25, 0.3) is 0 Å². The molecule has 2 N–H and O–H groups in total. The first-order chi connectivity index (χ1) is 12.5. The van der Waals surface area contributed by atoms with Crippen LogP contribution < -0.4 is 20.1 Å². The number of ether oxygens (including phenoxy) is 2. The summed E-state index contributed by atoms with van der Waals surface area (Å²) in [7, 11) is 1.64. The van der Waals surface area contributed by atoms with Crippen LogP contribution in [-0.2, 0) is 6.42 Å². The van der Waals surface area contributed by atoms with Crippen LogP contribution in [0.25, 0.3) is 0 Å². The Kier molecular flexibility index (Phi) is 7.60. The molecule has 0 saturated heterocycles. The highest BCUT2D eigenvalue weighted by Crippen LogP contribution is 2.25. The number of aryl methyl sites for hydroxylation is 2. The molecule has 2 rings (SSSR count). The molecule has 2 aromatic rings. The standard InChI is InChI=1S/C20H25ClN2O3/c1-14-12-18(13-15(2)19(14)21)26-11-10-23-20(24)22-9-8-16-4-6-17(25-3)7-5-16/h4-7,12-13H,8-11H2,1-3H3,(H2,22,23,24). The van der Waals surface area contributed by atoms with Crippen molar-refractivity contribution < 1.29 is 14.3 Å². The van der Waals surface area contributed by atoms with Crippen LogP contribution in [-0.4, -0.2) is 32.8 Å². The molecule has 0 radical (unpaired) electrons. The maximum Gasteiger partial charge on any atom is 0.314 e. The van der Waals surface area contributed by atoms with Gasteiger partial charge in [-0.1, -0.05) is 23.7 Å². The van der Waals surface area contributed by atoms with Crippen molar-refractivity contribution >= 4 is 17.6 Å². The minimum absolute atomic E-state index is 0.203. The quantitative estimate of drug-likeness (QED) is 0.687. The molecule has 0 aliphatic rings. The van der Waals surface area contributed by atoms with Gasteiger partial charge in [-0.3, -0.25) is 0 Å². The van der Waals surface area contributed by atoms with Crippen molar-refractivity contribution in [1.82, 2.24) is 10.6 Å². The normalized spacial score (nSPS) is 10.3. The Labute approximate surface area is 159 Å². The number of halogens is 1. The van der Waals surface area contributed by atoms with Crippen molar-refractivity contribution in [2.24, 2.45) is 0 Å². The highest BCUT2D eigenvalue weighted by atomic mass is 35.5. The lowest BCUT2D eigenvalue weighted by molar-refractivity contribution is 0.236. The first kappa shape index (κ1) is 19.9. The third-order valence-corrected chi connectivity index (χ3v) is 4.52. The molecule has 0 bridgehead atoms. The van der Waals surface area contributed by atoms with E-state index in [-0.39, 0.29) is 6.03 Å². The number of hydrogen-bond acceptors (Lipinski definition) is 3. The zero-order chi connectivity index (χ0) is 18.9. The number of carbonyl (C=O) groups is 1. The van der Waals surface area contributed by atoms with E-state index in [9.17, 15) is 4.79 Å². The molecule has 0 fully saturated rings. The van der Waals surface area contributed by atoms with Gasteiger partial charge in [-0.25, -0.2) is 4.79 Å². The second-order valence-corrected chi connectivity index (χ2v) is 6.38. The third-order valence-electron chi connectivity index (χ3n) is 3.92. The predicted octanol–water partition coefficient (Wildman–Crippen LogP) is 3.89. The number of carbonyl (C=O) groups excluding carboxylic acids is 1. The molecule has 0 saturated carbocycles. The monoisotopic (exact) mass is 376 g/mol. The highest BCUT2D eigenvalue weighted by Gasteiger charge is 2.04. The van der Waals surface area contributed by atoms with Crippen molar-refractivity contribution in [1.29, 1.82) is 0 Å². The van der Waals surface area contributed by atoms with E-state index < -0.39 is 0 Å². The highest BCUT2D eigenvalue weighted by molar-refractivity contribution is 6.32. The summed E-state index contributed by atoms with van der Waals surface area (Å²) in [6.45, 7) is 5.27. The largest absolute Gasteiger partial charge is 0.497 e. The van der Waals surface area contributed by atoms with Gasteiger partial charge in [0.05, 0.1) is 13.7 Å². The predicted molar refractivity (Wildman–Crippen MR) is 105 cm³/mol. The first-order valence-corrected chi connectivity index (χ1v) is 8.91. The third kappa shape index (κ3) is 6.15. The Morgan fingerprint density at radius 1 is 1.00 bits per heavy atom. The van der Waals surface area contributed by atoms with Crippen LogP contribution in [0.2, 0.25) is 5.02 Å². The number of rotatable bonds is 8. The topological polar surface area (TPSA) is 59.6 Å². The number of urea groups is 1. The van der Waals surface area contributed by atoms with Gasteiger partial charge in [-0.2, -0.15) is 0 Å². The second kappa shape index (κ2) is 9.92. The molecular formula is C20H25ClN2O3. The summed E-state index contributed by atoms with van der Waals surface area (Å²) in [4.78, 5) is 11.8. The fourth-order valence-electron chi connectivity index (χ4n) is 2.50.